The van der Waals surface area contributed by atoms with E-state index in [1.54, 1.807) is 25.2 Å². The van der Waals surface area contributed by atoms with Crippen LogP contribution in [0.25, 0.3) is 11.8 Å². The number of ether oxygens (including phenoxy) is 1. The fraction of sp³-hybridized carbons (Fsp3) is 0.158. The molecule has 2 rings (SSSR count). The van der Waals surface area contributed by atoms with Crippen molar-refractivity contribution >= 4 is 17.5 Å². The highest BCUT2D eigenvalue weighted by molar-refractivity contribution is 5.83. The van der Waals surface area contributed by atoms with E-state index in [9.17, 15) is 0 Å². The van der Waals surface area contributed by atoms with E-state index in [2.05, 4.69) is 6.58 Å². The second-order valence-electron chi connectivity index (χ2n) is 5.26. The minimum Gasteiger partial charge on any atom is -0.461 e. The molecule has 0 N–H and O–H groups in total. The highest BCUT2D eigenvalue weighted by atomic mass is 16.5. The maximum absolute atomic E-state index is 9.11. The summed E-state index contributed by atoms with van der Waals surface area (Å²) in [6.07, 6.45) is 5.18. The Balaban J connectivity index is 2.73. The number of nitrogens with zero attached hydrogens (tertiary/aromatic N) is 3. The van der Waals surface area contributed by atoms with Crippen molar-refractivity contribution in [3.8, 4) is 12.1 Å². The summed E-state index contributed by atoms with van der Waals surface area (Å²) >= 11 is 0. The van der Waals surface area contributed by atoms with E-state index in [1.165, 1.54) is 0 Å². The monoisotopic (exact) mass is 303 g/mol. The lowest BCUT2D eigenvalue weighted by Crippen LogP contribution is -2.13. The largest absolute Gasteiger partial charge is 0.461 e. The molecule has 0 aromatic heterocycles. The van der Waals surface area contributed by atoms with Crippen molar-refractivity contribution in [3.63, 3.8) is 0 Å². The third-order valence-corrected chi connectivity index (χ3v) is 3.45. The molecule has 114 valence electrons. The molecule has 23 heavy (non-hydrogen) atoms. The lowest BCUT2D eigenvalue weighted by atomic mass is 9.98. The Morgan fingerprint density at radius 3 is 2.48 bits per heavy atom. The predicted molar refractivity (Wildman–Crippen MR) is 91.9 cm³/mol. The first-order chi connectivity index (χ1) is 11.0. The molecule has 0 saturated carbocycles. The molecule has 0 atom stereocenters. The maximum atomic E-state index is 9.11. The fourth-order valence-electron chi connectivity index (χ4n) is 2.42. The van der Waals surface area contributed by atoms with Crippen molar-refractivity contribution in [2.24, 2.45) is 0 Å². The van der Waals surface area contributed by atoms with Crippen LogP contribution in [-0.2, 0) is 4.74 Å². The van der Waals surface area contributed by atoms with Gasteiger partial charge in [0.1, 0.15) is 29.2 Å². The zero-order valence-electron chi connectivity index (χ0n) is 13.4. The Labute approximate surface area is 136 Å². The molecule has 1 aliphatic rings. The minimum atomic E-state index is 0.0626. The highest BCUT2D eigenvalue weighted by Gasteiger charge is 2.19. The smallest absolute Gasteiger partial charge is 0.137 e. The molecule has 0 unspecified atom stereocenters. The van der Waals surface area contributed by atoms with Gasteiger partial charge in [0, 0.05) is 30.9 Å². The van der Waals surface area contributed by atoms with Gasteiger partial charge in [-0.2, -0.15) is 10.5 Å². The van der Waals surface area contributed by atoms with Crippen LogP contribution in [0.5, 0.6) is 0 Å². The van der Waals surface area contributed by atoms with Gasteiger partial charge < -0.3 is 9.64 Å². The summed E-state index contributed by atoms with van der Waals surface area (Å²) < 4.78 is 5.87. The molecule has 1 aromatic carbocycles. The maximum Gasteiger partial charge on any atom is 0.137 e. The quantitative estimate of drug-likeness (QED) is 0.791. The van der Waals surface area contributed by atoms with Gasteiger partial charge >= 0.3 is 0 Å². The average Bonchev–Trinajstić information content (AvgIpc) is 2.54. The molecular formula is C19H17N3O. The number of benzene rings is 1. The summed E-state index contributed by atoms with van der Waals surface area (Å²) in [7, 11) is 3.90. The van der Waals surface area contributed by atoms with Crippen LogP contribution >= 0.6 is 0 Å². The molecule has 1 heterocycles. The number of hydrogen-bond acceptors (Lipinski definition) is 4. The first-order valence-electron chi connectivity index (χ1n) is 7.07. The van der Waals surface area contributed by atoms with Crippen molar-refractivity contribution in [3.05, 3.63) is 65.0 Å². The van der Waals surface area contributed by atoms with Gasteiger partial charge in [0.15, 0.2) is 0 Å². The van der Waals surface area contributed by atoms with Gasteiger partial charge in [-0.1, -0.05) is 24.8 Å². The predicted octanol–water partition coefficient (Wildman–Crippen LogP) is 4.01. The van der Waals surface area contributed by atoms with Crippen LogP contribution in [0.4, 0.5) is 5.69 Å². The third-order valence-electron chi connectivity index (χ3n) is 3.45. The van der Waals surface area contributed by atoms with Gasteiger partial charge in [-0.3, -0.25) is 0 Å². The van der Waals surface area contributed by atoms with E-state index in [1.807, 2.05) is 49.3 Å². The topological polar surface area (TPSA) is 60.0 Å². The second-order valence-corrected chi connectivity index (χ2v) is 5.26. The van der Waals surface area contributed by atoms with Crippen LogP contribution in [0.3, 0.4) is 0 Å². The Kier molecular flexibility index (Phi) is 4.69. The van der Waals surface area contributed by atoms with Crippen LogP contribution < -0.4 is 4.90 Å². The molecule has 4 nitrogen and oxygen atoms in total. The second kappa shape index (κ2) is 6.68. The summed E-state index contributed by atoms with van der Waals surface area (Å²) in [5, 5.41) is 18.2. The normalized spacial score (nSPS) is 13.0. The zero-order chi connectivity index (χ0) is 17.0. The summed E-state index contributed by atoms with van der Waals surface area (Å²) in [5.74, 6) is 1.23. The first kappa shape index (κ1) is 16.1. The fourth-order valence-corrected chi connectivity index (χ4v) is 2.42. The molecule has 0 radical (unpaired) electrons. The van der Waals surface area contributed by atoms with E-state index < -0.39 is 0 Å². The van der Waals surface area contributed by atoms with Crippen LogP contribution in [0.2, 0.25) is 0 Å². The highest BCUT2D eigenvalue weighted by Crippen LogP contribution is 2.36. The van der Waals surface area contributed by atoms with Crippen LogP contribution in [0.1, 0.15) is 18.1 Å². The van der Waals surface area contributed by atoms with E-state index >= 15 is 0 Å². The Morgan fingerprint density at radius 2 is 1.91 bits per heavy atom. The van der Waals surface area contributed by atoms with Crippen LogP contribution in [-0.4, -0.2) is 14.1 Å². The van der Waals surface area contributed by atoms with Crippen molar-refractivity contribution in [1.29, 1.82) is 10.5 Å². The molecule has 1 aromatic rings. The molecular weight excluding hydrogens is 286 g/mol. The van der Waals surface area contributed by atoms with Crippen molar-refractivity contribution in [2.45, 2.75) is 6.92 Å². The van der Waals surface area contributed by atoms with Crippen LogP contribution in [0.15, 0.2) is 53.8 Å². The molecule has 1 aliphatic heterocycles. The van der Waals surface area contributed by atoms with E-state index in [0.29, 0.717) is 17.1 Å². The molecule has 0 bridgehead atoms. The molecule has 0 spiro atoms. The van der Waals surface area contributed by atoms with Crippen molar-refractivity contribution < 1.29 is 4.74 Å². The average molecular weight is 303 g/mol. The van der Waals surface area contributed by atoms with Gasteiger partial charge in [0.25, 0.3) is 0 Å². The number of rotatable bonds is 3. The molecule has 0 saturated heterocycles. The summed E-state index contributed by atoms with van der Waals surface area (Å²) in [6, 6.07) is 9.74. The van der Waals surface area contributed by atoms with Crippen molar-refractivity contribution in [2.75, 3.05) is 19.0 Å². The molecule has 0 aliphatic carbocycles. The molecule has 0 amide bonds. The summed E-state index contributed by atoms with van der Waals surface area (Å²) in [6.45, 7) is 5.66. The SMILES string of the molecule is C=Cc1cccc(N(C)C)c1C1=CC(=C(C#N)C#N)C=C(C)O1. The first-order valence-corrected chi connectivity index (χ1v) is 7.07. The molecule has 0 fully saturated rings. The summed E-state index contributed by atoms with van der Waals surface area (Å²) in [5.41, 5.74) is 3.39. The van der Waals surface area contributed by atoms with E-state index in [0.717, 1.165) is 16.8 Å². The van der Waals surface area contributed by atoms with Gasteiger partial charge in [-0.05, 0) is 30.7 Å². The number of allylic oxidation sites excluding steroid dienone is 5. The Morgan fingerprint density at radius 1 is 1.22 bits per heavy atom. The zero-order valence-corrected chi connectivity index (χ0v) is 13.4. The van der Waals surface area contributed by atoms with Crippen LogP contribution in [0, 0.1) is 22.7 Å². The number of nitriles is 2. The summed E-state index contributed by atoms with van der Waals surface area (Å²) in [4.78, 5) is 1.99. The lowest BCUT2D eigenvalue weighted by molar-refractivity contribution is 0.380. The van der Waals surface area contributed by atoms with Gasteiger partial charge in [0.05, 0.1) is 0 Å². The number of hydrogen-bond donors (Lipinski definition) is 0. The Bertz CT molecular complexity index is 811. The van der Waals surface area contributed by atoms with Crippen molar-refractivity contribution in [1.82, 2.24) is 0 Å². The van der Waals surface area contributed by atoms with E-state index in [4.69, 9.17) is 15.3 Å². The molecule has 4 heteroatoms. The van der Waals surface area contributed by atoms with Gasteiger partial charge in [0.2, 0.25) is 0 Å². The van der Waals surface area contributed by atoms with Gasteiger partial charge in [-0.15, -0.1) is 0 Å². The number of anilines is 1. The lowest BCUT2D eigenvalue weighted by Gasteiger charge is -2.23. The van der Waals surface area contributed by atoms with E-state index in [-0.39, 0.29) is 5.57 Å². The van der Waals surface area contributed by atoms with Gasteiger partial charge in [-0.25, -0.2) is 0 Å². The third kappa shape index (κ3) is 3.17. The Hall–Kier alpha value is -3.24. The minimum absolute atomic E-state index is 0.0626. The standard InChI is InChI=1S/C19H17N3O/c1-5-14-7-6-8-17(22(3)4)19(14)18-10-15(9-13(2)23-18)16(11-20)12-21/h5-10H,1H2,2-4H3.